The topological polar surface area (TPSA) is 22.1 Å². The van der Waals surface area contributed by atoms with E-state index >= 15 is 0 Å². The maximum atomic E-state index is 13.4. The number of hydrogen-bond donors (Lipinski definition) is 0. The Balaban J connectivity index is 1.83. The third-order valence-corrected chi connectivity index (χ3v) is 5.43. The number of hydrogen-bond acceptors (Lipinski definition) is 2. The largest absolute Gasteiger partial charge is 0.496 e. The Bertz CT molecular complexity index is 1350. The number of fused-ring (bicyclic) bond motifs is 1. The van der Waals surface area contributed by atoms with Crippen molar-refractivity contribution in [2.75, 3.05) is 7.11 Å². The summed E-state index contributed by atoms with van der Waals surface area (Å²) >= 11 is 0. The van der Waals surface area contributed by atoms with E-state index in [-0.39, 0.29) is 5.82 Å². The number of methoxy groups -OCH3 is 1. The number of rotatable bonds is 4. The Labute approximate surface area is 180 Å². The van der Waals surface area contributed by atoms with Crippen LogP contribution in [-0.2, 0) is 0 Å². The first-order chi connectivity index (χ1) is 15.2. The summed E-state index contributed by atoms with van der Waals surface area (Å²) in [4.78, 5) is 4.99. The molecule has 0 aliphatic carbocycles. The van der Waals surface area contributed by atoms with Gasteiger partial charge in [0.1, 0.15) is 11.6 Å². The Kier molecular flexibility index (Phi) is 4.93. The molecule has 0 saturated carbocycles. The number of nitrogens with zero attached hydrogens (tertiary/aromatic N) is 1. The monoisotopic (exact) mass is 405 g/mol. The van der Waals surface area contributed by atoms with Crippen molar-refractivity contribution in [1.29, 1.82) is 0 Å². The molecule has 1 aromatic heterocycles. The van der Waals surface area contributed by atoms with Crippen molar-refractivity contribution in [2.24, 2.45) is 0 Å². The van der Waals surface area contributed by atoms with Gasteiger partial charge < -0.3 is 4.74 Å². The first-order valence-corrected chi connectivity index (χ1v) is 10.1. The summed E-state index contributed by atoms with van der Waals surface area (Å²) in [5.74, 6) is 0.466. The Morgan fingerprint density at radius 1 is 0.645 bits per heavy atom. The minimum atomic E-state index is -0.269. The van der Waals surface area contributed by atoms with Crippen molar-refractivity contribution < 1.29 is 9.13 Å². The second kappa shape index (κ2) is 8.04. The Morgan fingerprint density at radius 2 is 1.29 bits per heavy atom. The van der Waals surface area contributed by atoms with Crippen LogP contribution in [0.1, 0.15) is 0 Å². The number of benzene rings is 4. The average Bonchev–Trinajstić information content (AvgIpc) is 2.84. The normalized spacial score (nSPS) is 10.9. The van der Waals surface area contributed by atoms with Gasteiger partial charge in [-0.25, -0.2) is 9.37 Å². The molecule has 1 heterocycles. The quantitative estimate of drug-likeness (QED) is 0.311. The second-order valence-corrected chi connectivity index (χ2v) is 7.37. The Morgan fingerprint density at radius 3 is 1.94 bits per heavy atom. The highest BCUT2D eigenvalue weighted by Crippen LogP contribution is 2.39. The van der Waals surface area contributed by atoms with Crippen molar-refractivity contribution in [3.8, 4) is 39.3 Å². The SMILES string of the molecule is COc1cc(-c2ccc(F)cc2)nc2c(-c3ccccc3)cc(-c3ccccc3)cc12. The fourth-order valence-electron chi connectivity index (χ4n) is 3.87. The van der Waals surface area contributed by atoms with Crippen molar-refractivity contribution in [3.63, 3.8) is 0 Å². The second-order valence-electron chi connectivity index (χ2n) is 7.37. The summed E-state index contributed by atoms with van der Waals surface area (Å²) in [7, 11) is 1.67. The molecule has 0 aliphatic rings. The lowest BCUT2D eigenvalue weighted by molar-refractivity contribution is 0.419. The highest BCUT2D eigenvalue weighted by Gasteiger charge is 2.15. The highest BCUT2D eigenvalue weighted by atomic mass is 19.1. The van der Waals surface area contributed by atoms with E-state index in [9.17, 15) is 4.39 Å². The summed E-state index contributed by atoms with van der Waals surface area (Å²) in [5, 5.41) is 0.938. The summed E-state index contributed by atoms with van der Waals surface area (Å²) in [5.41, 5.74) is 6.77. The number of aromatic nitrogens is 1. The summed E-state index contributed by atoms with van der Waals surface area (Å²) < 4.78 is 19.2. The van der Waals surface area contributed by atoms with Gasteiger partial charge in [-0.2, -0.15) is 0 Å². The molecule has 31 heavy (non-hydrogen) atoms. The van der Waals surface area contributed by atoms with Crippen molar-refractivity contribution in [2.45, 2.75) is 0 Å². The van der Waals surface area contributed by atoms with E-state index in [0.717, 1.165) is 50.2 Å². The first-order valence-electron chi connectivity index (χ1n) is 10.1. The summed E-state index contributed by atoms with van der Waals surface area (Å²) in [6.45, 7) is 0. The van der Waals surface area contributed by atoms with Crippen molar-refractivity contribution >= 4 is 10.9 Å². The van der Waals surface area contributed by atoms with E-state index < -0.39 is 0 Å². The van der Waals surface area contributed by atoms with Gasteiger partial charge in [0.25, 0.3) is 0 Å². The molecular weight excluding hydrogens is 385 g/mol. The first kappa shape index (κ1) is 19.0. The minimum absolute atomic E-state index is 0.269. The van der Waals surface area contributed by atoms with Crippen molar-refractivity contribution in [3.05, 3.63) is 109 Å². The standard InChI is InChI=1S/C28H20FNO/c1-31-27-18-26(21-12-14-23(29)15-13-21)30-28-24(20-10-6-3-7-11-20)16-22(17-25(27)28)19-8-4-2-5-9-19/h2-18H,1H3. The Hall–Kier alpha value is -3.98. The fourth-order valence-corrected chi connectivity index (χ4v) is 3.87. The van der Waals surface area contributed by atoms with Gasteiger partial charge in [0.15, 0.2) is 0 Å². The van der Waals surface area contributed by atoms with Crippen LogP contribution in [0.15, 0.2) is 103 Å². The van der Waals surface area contributed by atoms with Gasteiger partial charge >= 0.3 is 0 Å². The summed E-state index contributed by atoms with van der Waals surface area (Å²) in [6.07, 6.45) is 0. The molecule has 0 unspecified atom stereocenters. The van der Waals surface area contributed by atoms with Crippen LogP contribution in [0, 0.1) is 5.82 Å². The molecule has 0 amide bonds. The average molecular weight is 405 g/mol. The fraction of sp³-hybridized carbons (Fsp3) is 0.0357. The molecule has 5 aromatic rings. The minimum Gasteiger partial charge on any atom is -0.496 e. The van der Waals surface area contributed by atoms with Crippen LogP contribution in [0.4, 0.5) is 4.39 Å². The van der Waals surface area contributed by atoms with Gasteiger partial charge in [0, 0.05) is 22.6 Å². The van der Waals surface area contributed by atoms with Crippen LogP contribution >= 0.6 is 0 Å². The van der Waals surface area contributed by atoms with Gasteiger partial charge in [0.05, 0.1) is 18.3 Å². The van der Waals surface area contributed by atoms with Gasteiger partial charge in [-0.15, -0.1) is 0 Å². The van der Waals surface area contributed by atoms with Crippen LogP contribution < -0.4 is 4.74 Å². The number of ether oxygens (including phenoxy) is 1. The smallest absolute Gasteiger partial charge is 0.130 e. The molecule has 0 fully saturated rings. The lowest BCUT2D eigenvalue weighted by Crippen LogP contribution is -1.95. The molecule has 0 atom stereocenters. The third-order valence-electron chi connectivity index (χ3n) is 5.43. The molecule has 0 N–H and O–H groups in total. The number of pyridine rings is 1. The molecule has 2 nitrogen and oxygen atoms in total. The van der Waals surface area contributed by atoms with Gasteiger partial charge in [-0.05, 0) is 53.1 Å². The lowest BCUT2D eigenvalue weighted by Gasteiger charge is -2.15. The molecule has 4 aromatic carbocycles. The van der Waals surface area contributed by atoms with E-state index in [1.165, 1.54) is 12.1 Å². The molecular formula is C28H20FNO. The zero-order valence-corrected chi connectivity index (χ0v) is 17.0. The molecule has 5 rings (SSSR count). The molecule has 150 valence electrons. The van der Waals surface area contributed by atoms with Crippen LogP contribution in [-0.4, -0.2) is 12.1 Å². The predicted octanol–water partition coefficient (Wildman–Crippen LogP) is 7.38. The maximum Gasteiger partial charge on any atom is 0.130 e. The van der Waals surface area contributed by atoms with Crippen LogP contribution in [0.3, 0.4) is 0 Å². The van der Waals surface area contributed by atoms with E-state index in [1.54, 1.807) is 19.2 Å². The van der Waals surface area contributed by atoms with Crippen LogP contribution in [0.5, 0.6) is 5.75 Å². The van der Waals surface area contributed by atoms with E-state index in [0.29, 0.717) is 0 Å². The number of halogens is 1. The summed E-state index contributed by atoms with van der Waals surface area (Å²) in [6, 6.07) is 33.1. The van der Waals surface area contributed by atoms with Crippen LogP contribution in [0.25, 0.3) is 44.4 Å². The predicted molar refractivity (Wildman–Crippen MR) is 125 cm³/mol. The third kappa shape index (κ3) is 3.66. The van der Waals surface area contributed by atoms with Gasteiger partial charge in [0.2, 0.25) is 0 Å². The molecule has 0 radical (unpaired) electrons. The van der Waals surface area contributed by atoms with Gasteiger partial charge in [-0.1, -0.05) is 60.7 Å². The molecule has 0 aliphatic heterocycles. The molecule has 0 spiro atoms. The van der Waals surface area contributed by atoms with E-state index in [2.05, 4.69) is 36.4 Å². The molecule has 0 saturated heterocycles. The molecule has 0 bridgehead atoms. The molecule has 3 heteroatoms. The van der Waals surface area contributed by atoms with E-state index in [4.69, 9.17) is 9.72 Å². The van der Waals surface area contributed by atoms with E-state index in [1.807, 2.05) is 42.5 Å². The zero-order valence-electron chi connectivity index (χ0n) is 17.0. The van der Waals surface area contributed by atoms with Crippen molar-refractivity contribution in [1.82, 2.24) is 4.98 Å². The lowest BCUT2D eigenvalue weighted by atomic mass is 9.94. The van der Waals surface area contributed by atoms with Gasteiger partial charge in [-0.3, -0.25) is 0 Å². The highest BCUT2D eigenvalue weighted by molar-refractivity contribution is 6.01. The maximum absolute atomic E-state index is 13.4. The van der Waals surface area contributed by atoms with Crippen LogP contribution in [0.2, 0.25) is 0 Å². The zero-order chi connectivity index (χ0) is 21.2.